The first-order valence-electron chi connectivity index (χ1n) is 17.9. The van der Waals surface area contributed by atoms with Crippen LogP contribution in [0.3, 0.4) is 0 Å². The van der Waals surface area contributed by atoms with Crippen LogP contribution in [0.2, 0.25) is 0 Å². The van der Waals surface area contributed by atoms with Gasteiger partial charge in [0.25, 0.3) is 0 Å². The molecule has 2 aromatic heterocycles. The molecule has 1 unspecified atom stereocenters. The molecular formula is C37H46F2N8O6S2. The molecule has 5 rings (SSSR count). The number of rotatable bonds is 14. The second-order valence-corrected chi connectivity index (χ2v) is 18.1. The van der Waals surface area contributed by atoms with Crippen molar-refractivity contribution >= 4 is 43.5 Å². The first kappa shape index (κ1) is 41.2. The number of sulfonamides is 2. The van der Waals surface area contributed by atoms with Crippen LogP contribution in [-0.4, -0.2) is 84.5 Å². The summed E-state index contributed by atoms with van der Waals surface area (Å²) < 4.78 is 88.8. The van der Waals surface area contributed by atoms with Crippen LogP contribution in [0.4, 0.5) is 30.9 Å². The predicted molar refractivity (Wildman–Crippen MR) is 205 cm³/mol. The van der Waals surface area contributed by atoms with Crippen LogP contribution in [0.15, 0.2) is 73.3 Å². The number of benzene rings is 2. The second kappa shape index (κ2) is 17.2. The molecule has 4 aromatic rings. The average Bonchev–Trinajstić information content (AvgIpc) is 3.13. The number of piperazine rings is 1. The number of carbonyl (C=O) groups is 1. The number of anilines is 3. The maximum atomic E-state index is 13.6. The van der Waals surface area contributed by atoms with Crippen molar-refractivity contribution in [1.29, 1.82) is 0 Å². The third-order valence-electron chi connectivity index (χ3n) is 8.52. The summed E-state index contributed by atoms with van der Waals surface area (Å²) in [5.41, 5.74) is 0.791. The summed E-state index contributed by atoms with van der Waals surface area (Å²) >= 11 is 0. The van der Waals surface area contributed by atoms with Crippen molar-refractivity contribution < 1.29 is 35.1 Å². The monoisotopic (exact) mass is 800 g/mol. The normalized spacial score (nSPS) is 15.1. The van der Waals surface area contributed by atoms with Crippen molar-refractivity contribution in [3.8, 4) is 0 Å². The maximum Gasteiger partial charge on any atom is 0.410 e. The molecule has 1 aliphatic heterocycles. The molecule has 2 aromatic carbocycles. The van der Waals surface area contributed by atoms with Gasteiger partial charge in [0, 0.05) is 13.1 Å². The fraction of sp³-hybridized carbons (Fsp3) is 0.432. The molecule has 1 atom stereocenters. The van der Waals surface area contributed by atoms with E-state index in [-0.39, 0.29) is 67.4 Å². The number of hydrogen-bond donors (Lipinski definition) is 0. The lowest BCUT2D eigenvalue weighted by molar-refractivity contribution is 0.0211. The van der Waals surface area contributed by atoms with E-state index in [2.05, 4.69) is 19.9 Å². The van der Waals surface area contributed by atoms with Gasteiger partial charge >= 0.3 is 6.09 Å². The van der Waals surface area contributed by atoms with Crippen molar-refractivity contribution in [2.45, 2.75) is 72.2 Å². The van der Waals surface area contributed by atoms with Crippen LogP contribution < -0.4 is 13.5 Å². The Hall–Kier alpha value is -4.97. The minimum Gasteiger partial charge on any atom is -0.444 e. The van der Waals surface area contributed by atoms with Gasteiger partial charge in [-0.1, -0.05) is 38.1 Å². The lowest BCUT2D eigenvalue weighted by Crippen LogP contribution is -2.52. The van der Waals surface area contributed by atoms with E-state index >= 15 is 0 Å². The molecule has 14 nitrogen and oxygen atoms in total. The number of nitrogens with zero attached hydrogens (tertiary/aromatic N) is 8. The minimum absolute atomic E-state index is 0.0607. The molecule has 18 heteroatoms. The Morgan fingerprint density at radius 2 is 1.18 bits per heavy atom. The van der Waals surface area contributed by atoms with E-state index in [1.165, 1.54) is 86.8 Å². The van der Waals surface area contributed by atoms with Crippen LogP contribution in [0.25, 0.3) is 0 Å². The highest BCUT2D eigenvalue weighted by Gasteiger charge is 2.36. The summed E-state index contributed by atoms with van der Waals surface area (Å²) in [4.78, 5) is 34.8. The average molecular weight is 801 g/mol. The zero-order valence-electron chi connectivity index (χ0n) is 31.5. The molecule has 0 spiro atoms. The highest BCUT2D eigenvalue weighted by molar-refractivity contribution is 7.93. The molecule has 1 fully saturated rings. The van der Waals surface area contributed by atoms with Crippen LogP contribution in [0.1, 0.15) is 70.5 Å². The predicted octanol–water partition coefficient (Wildman–Crippen LogP) is 5.84. The number of aromatic nitrogens is 4. The van der Waals surface area contributed by atoms with E-state index in [4.69, 9.17) is 4.74 Å². The Bertz CT molecular complexity index is 2120. The molecule has 296 valence electrons. The van der Waals surface area contributed by atoms with E-state index in [0.717, 1.165) is 0 Å². The van der Waals surface area contributed by atoms with E-state index < -0.39 is 49.4 Å². The summed E-state index contributed by atoms with van der Waals surface area (Å²) in [5.74, 6) is -0.696. The first-order valence-corrected chi connectivity index (χ1v) is 21.1. The molecule has 55 heavy (non-hydrogen) atoms. The Balaban J connectivity index is 1.48. The Morgan fingerprint density at radius 1 is 0.745 bits per heavy atom. The molecule has 1 amide bonds. The van der Waals surface area contributed by atoms with Crippen molar-refractivity contribution in [1.82, 2.24) is 24.8 Å². The van der Waals surface area contributed by atoms with Gasteiger partial charge in [0.1, 0.15) is 23.3 Å². The van der Waals surface area contributed by atoms with Crippen LogP contribution in [0, 0.1) is 11.6 Å². The smallest absolute Gasteiger partial charge is 0.410 e. The lowest BCUT2D eigenvalue weighted by atomic mass is 10.1. The second-order valence-electron chi connectivity index (χ2n) is 14.1. The van der Waals surface area contributed by atoms with E-state index in [1.54, 1.807) is 39.5 Å². The van der Waals surface area contributed by atoms with E-state index in [0.29, 0.717) is 24.0 Å². The van der Waals surface area contributed by atoms with Gasteiger partial charge in [0.2, 0.25) is 26.0 Å². The SMILES string of the molecule is CCCS(=O)(=O)N(Cc1ccc(F)cc1)c1cnc(C2CN(C(=O)OC(C)(C)C)CCN2c2ncc(N(Cc3ccc(F)cc3)S(=O)(=O)CCC)cn2)nc1. The van der Waals surface area contributed by atoms with Gasteiger partial charge in [-0.05, 0) is 69.0 Å². The molecule has 0 aliphatic carbocycles. The number of ether oxygens (including phenoxy) is 1. The number of amides is 1. The third-order valence-corrected chi connectivity index (χ3v) is 12.4. The fourth-order valence-electron chi connectivity index (χ4n) is 5.91. The van der Waals surface area contributed by atoms with E-state index in [1.807, 2.05) is 0 Å². The lowest BCUT2D eigenvalue weighted by Gasteiger charge is -2.40. The largest absolute Gasteiger partial charge is 0.444 e. The maximum absolute atomic E-state index is 13.6. The zero-order valence-corrected chi connectivity index (χ0v) is 33.1. The van der Waals surface area contributed by atoms with Crippen molar-refractivity contribution in [2.75, 3.05) is 44.7 Å². The topological polar surface area (TPSA) is 159 Å². The minimum atomic E-state index is -3.81. The van der Waals surface area contributed by atoms with Crippen LogP contribution in [0.5, 0.6) is 0 Å². The van der Waals surface area contributed by atoms with Gasteiger partial charge in [-0.15, -0.1) is 0 Å². The number of halogens is 2. The summed E-state index contributed by atoms with van der Waals surface area (Å²) in [6, 6.07) is 10.4. The Morgan fingerprint density at radius 3 is 1.60 bits per heavy atom. The summed E-state index contributed by atoms with van der Waals surface area (Å²) in [6.07, 6.45) is 5.76. The van der Waals surface area contributed by atoms with Gasteiger partial charge < -0.3 is 14.5 Å². The summed E-state index contributed by atoms with van der Waals surface area (Å²) in [7, 11) is -7.61. The third kappa shape index (κ3) is 10.6. The molecule has 0 bridgehead atoms. The van der Waals surface area contributed by atoms with E-state index in [9.17, 15) is 30.4 Å². The van der Waals surface area contributed by atoms with Gasteiger partial charge in [0.05, 0.1) is 67.3 Å². The molecular weight excluding hydrogens is 755 g/mol. The van der Waals surface area contributed by atoms with Crippen molar-refractivity contribution in [2.24, 2.45) is 0 Å². The van der Waals surface area contributed by atoms with Gasteiger partial charge in [-0.25, -0.2) is 50.3 Å². The quantitative estimate of drug-likeness (QED) is 0.151. The molecule has 0 saturated carbocycles. The highest BCUT2D eigenvalue weighted by Crippen LogP contribution is 2.31. The number of carbonyl (C=O) groups excluding carboxylic acids is 1. The van der Waals surface area contributed by atoms with Gasteiger partial charge in [0.15, 0.2) is 5.82 Å². The van der Waals surface area contributed by atoms with Crippen molar-refractivity contribution in [3.05, 3.63) is 102 Å². The molecule has 1 aliphatic rings. The molecule has 0 N–H and O–H groups in total. The highest BCUT2D eigenvalue weighted by atomic mass is 32.2. The summed E-state index contributed by atoms with van der Waals surface area (Å²) in [6.45, 7) is 9.19. The molecule has 0 radical (unpaired) electrons. The van der Waals surface area contributed by atoms with Gasteiger partial charge in [-0.2, -0.15) is 0 Å². The van der Waals surface area contributed by atoms with Crippen LogP contribution in [-0.2, 0) is 37.9 Å². The van der Waals surface area contributed by atoms with Crippen molar-refractivity contribution in [3.63, 3.8) is 0 Å². The summed E-state index contributed by atoms with van der Waals surface area (Å²) in [5, 5.41) is 0. The molecule has 3 heterocycles. The Kier molecular flexibility index (Phi) is 12.9. The molecule has 1 saturated heterocycles. The Labute approximate surface area is 321 Å². The van der Waals surface area contributed by atoms with Gasteiger partial charge in [-0.3, -0.25) is 8.61 Å². The number of hydrogen-bond acceptors (Lipinski definition) is 11. The first-order chi connectivity index (χ1) is 26.0. The zero-order chi connectivity index (χ0) is 40.0. The van der Waals surface area contributed by atoms with Crippen LogP contribution >= 0.6 is 0 Å². The standard InChI is InChI=1S/C37H46F2N8O6S2/c1-6-18-54(49,50)46(24-27-8-12-29(38)13-9-27)31-20-40-34(41-21-31)33-26-44(36(48)53-37(3,4)5)16-17-45(33)35-42-22-32(23-43-35)47(55(51,52)19-7-2)25-28-10-14-30(39)15-11-28/h8-15,20-23,33H,6-7,16-19,24-26H2,1-5H3. The fourth-order valence-corrected chi connectivity index (χ4v) is 8.90.